The summed E-state index contributed by atoms with van der Waals surface area (Å²) in [5.74, 6) is 0.765. The fourth-order valence-corrected chi connectivity index (χ4v) is 2.31. The van der Waals surface area contributed by atoms with Crippen molar-refractivity contribution in [1.29, 1.82) is 0 Å². The standard InChI is InChI=1S/C17H19N3OS/c1-12-8-13(2)10-15(9-12)19-17(22)20-18-11-14-6-4-5-7-16(14)21-3/h4-11H,1-3H3,(H2,19,20,22). The number of hydrogen-bond acceptors (Lipinski definition) is 3. The van der Waals surface area contributed by atoms with Crippen molar-refractivity contribution in [2.24, 2.45) is 5.10 Å². The first-order valence-electron chi connectivity index (χ1n) is 6.90. The highest BCUT2D eigenvalue weighted by atomic mass is 32.1. The zero-order valence-corrected chi connectivity index (χ0v) is 13.7. The Morgan fingerprint density at radius 1 is 1.14 bits per heavy atom. The first kappa shape index (κ1) is 16.0. The molecule has 114 valence electrons. The molecule has 0 aromatic heterocycles. The summed E-state index contributed by atoms with van der Waals surface area (Å²) < 4.78 is 5.26. The number of rotatable bonds is 4. The molecule has 0 heterocycles. The van der Waals surface area contributed by atoms with Gasteiger partial charge in [0.15, 0.2) is 5.11 Å². The number of anilines is 1. The van der Waals surface area contributed by atoms with Crippen LogP contribution < -0.4 is 15.5 Å². The van der Waals surface area contributed by atoms with Crippen molar-refractivity contribution in [1.82, 2.24) is 5.43 Å². The van der Waals surface area contributed by atoms with Crippen molar-refractivity contribution in [3.05, 3.63) is 59.2 Å². The smallest absolute Gasteiger partial charge is 0.191 e. The van der Waals surface area contributed by atoms with Crippen molar-refractivity contribution in [2.45, 2.75) is 13.8 Å². The van der Waals surface area contributed by atoms with E-state index < -0.39 is 0 Å². The molecule has 0 spiro atoms. The van der Waals surface area contributed by atoms with E-state index in [4.69, 9.17) is 17.0 Å². The summed E-state index contributed by atoms with van der Waals surface area (Å²) in [6.45, 7) is 4.10. The normalized spacial score (nSPS) is 10.5. The van der Waals surface area contributed by atoms with Gasteiger partial charge in [0, 0.05) is 11.3 Å². The van der Waals surface area contributed by atoms with Crippen LogP contribution in [0, 0.1) is 13.8 Å². The minimum Gasteiger partial charge on any atom is -0.496 e. The molecule has 0 radical (unpaired) electrons. The second-order valence-corrected chi connectivity index (χ2v) is 5.35. The van der Waals surface area contributed by atoms with Crippen molar-refractivity contribution in [3.8, 4) is 5.75 Å². The Morgan fingerprint density at radius 2 is 1.82 bits per heavy atom. The predicted octanol–water partition coefficient (Wildman–Crippen LogP) is 3.63. The molecule has 0 fully saturated rings. The molecule has 2 aromatic rings. The molecular weight excluding hydrogens is 294 g/mol. The Labute approximate surface area is 136 Å². The van der Waals surface area contributed by atoms with Crippen LogP contribution >= 0.6 is 12.2 Å². The van der Waals surface area contributed by atoms with E-state index in [-0.39, 0.29) is 0 Å². The van der Waals surface area contributed by atoms with Gasteiger partial charge in [-0.25, -0.2) is 0 Å². The van der Waals surface area contributed by atoms with Crippen LogP contribution in [0.5, 0.6) is 5.75 Å². The number of aryl methyl sites for hydroxylation is 2. The largest absolute Gasteiger partial charge is 0.496 e. The number of benzene rings is 2. The van der Waals surface area contributed by atoms with E-state index >= 15 is 0 Å². The molecule has 22 heavy (non-hydrogen) atoms. The molecule has 2 aromatic carbocycles. The van der Waals surface area contributed by atoms with Crippen LogP contribution in [0.2, 0.25) is 0 Å². The summed E-state index contributed by atoms with van der Waals surface area (Å²) in [6, 6.07) is 13.8. The van der Waals surface area contributed by atoms with E-state index in [0.717, 1.165) is 17.0 Å². The number of ether oxygens (including phenoxy) is 1. The van der Waals surface area contributed by atoms with Gasteiger partial charge in [-0.3, -0.25) is 5.43 Å². The Kier molecular flexibility index (Phi) is 5.49. The second kappa shape index (κ2) is 7.56. The summed E-state index contributed by atoms with van der Waals surface area (Å²) in [7, 11) is 1.63. The molecule has 0 aliphatic rings. The summed E-state index contributed by atoms with van der Waals surface area (Å²) in [5, 5.41) is 7.69. The monoisotopic (exact) mass is 313 g/mol. The SMILES string of the molecule is COc1ccccc1C=NNC(=S)Nc1cc(C)cc(C)c1. The van der Waals surface area contributed by atoms with E-state index in [2.05, 4.69) is 35.8 Å². The molecule has 0 atom stereocenters. The molecule has 2 rings (SSSR count). The van der Waals surface area contributed by atoms with E-state index in [0.29, 0.717) is 5.11 Å². The summed E-state index contributed by atoms with van der Waals surface area (Å²) >= 11 is 5.23. The number of hydrazone groups is 1. The zero-order valence-electron chi connectivity index (χ0n) is 12.9. The summed E-state index contributed by atoms with van der Waals surface area (Å²) in [6.07, 6.45) is 1.67. The van der Waals surface area contributed by atoms with Gasteiger partial charge in [0.05, 0.1) is 13.3 Å². The molecule has 4 nitrogen and oxygen atoms in total. The van der Waals surface area contributed by atoms with Crippen molar-refractivity contribution in [3.63, 3.8) is 0 Å². The van der Waals surface area contributed by atoms with Gasteiger partial charge in [0.1, 0.15) is 5.75 Å². The lowest BCUT2D eigenvalue weighted by Crippen LogP contribution is -2.23. The van der Waals surface area contributed by atoms with Crippen LogP contribution in [0.25, 0.3) is 0 Å². The lowest BCUT2D eigenvalue weighted by atomic mass is 10.1. The first-order chi connectivity index (χ1) is 10.6. The lowest BCUT2D eigenvalue weighted by molar-refractivity contribution is 0.414. The minimum atomic E-state index is 0.441. The Morgan fingerprint density at radius 3 is 2.50 bits per heavy atom. The number of hydrogen-bond donors (Lipinski definition) is 2. The van der Waals surface area contributed by atoms with Crippen LogP contribution in [-0.4, -0.2) is 18.4 Å². The molecule has 0 saturated carbocycles. The summed E-state index contributed by atoms with van der Waals surface area (Å²) in [5.41, 5.74) is 7.00. The molecule has 0 bridgehead atoms. The third-order valence-corrected chi connectivity index (χ3v) is 3.18. The van der Waals surface area contributed by atoms with Crippen LogP contribution in [0.15, 0.2) is 47.6 Å². The first-order valence-corrected chi connectivity index (χ1v) is 7.30. The van der Waals surface area contributed by atoms with Gasteiger partial charge in [0.2, 0.25) is 0 Å². The fourth-order valence-electron chi connectivity index (χ4n) is 2.14. The lowest BCUT2D eigenvalue weighted by Gasteiger charge is -2.09. The quantitative estimate of drug-likeness (QED) is 0.514. The Bertz CT molecular complexity index is 678. The molecule has 0 unspecified atom stereocenters. The van der Waals surface area contributed by atoms with Crippen LogP contribution in [-0.2, 0) is 0 Å². The van der Waals surface area contributed by atoms with Crippen molar-refractivity contribution < 1.29 is 4.74 Å². The highest BCUT2D eigenvalue weighted by Crippen LogP contribution is 2.15. The van der Waals surface area contributed by atoms with E-state index in [1.54, 1.807) is 13.3 Å². The number of nitrogens with one attached hydrogen (secondary N) is 2. The third kappa shape index (κ3) is 4.56. The van der Waals surface area contributed by atoms with Crippen molar-refractivity contribution >= 4 is 29.2 Å². The molecule has 5 heteroatoms. The van der Waals surface area contributed by atoms with Crippen molar-refractivity contribution in [2.75, 3.05) is 12.4 Å². The van der Waals surface area contributed by atoms with E-state index in [9.17, 15) is 0 Å². The zero-order chi connectivity index (χ0) is 15.9. The summed E-state index contributed by atoms with van der Waals surface area (Å²) in [4.78, 5) is 0. The molecule has 2 N–H and O–H groups in total. The fraction of sp³-hybridized carbons (Fsp3) is 0.176. The third-order valence-electron chi connectivity index (χ3n) is 2.99. The van der Waals surface area contributed by atoms with E-state index in [1.807, 2.05) is 36.4 Å². The van der Waals surface area contributed by atoms with Gasteiger partial charge in [-0.2, -0.15) is 5.10 Å². The van der Waals surface area contributed by atoms with Gasteiger partial charge in [0.25, 0.3) is 0 Å². The number of nitrogens with zero attached hydrogens (tertiary/aromatic N) is 1. The Hall–Kier alpha value is -2.40. The number of methoxy groups -OCH3 is 1. The van der Waals surface area contributed by atoms with Gasteiger partial charge in [-0.15, -0.1) is 0 Å². The topological polar surface area (TPSA) is 45.6 Å². The minimum absolute atomic E-state index is 0.441. The highest BCUT2D eigenvalue weighted by Gasteiger charge is 2.00. The van der Waals surface area contributed by atoms with Gasteiger partial charge >= 0.3 is 0 Å². The van der Waals surface area contributed by atoms with Crippen LogP contribution in [0.1, 0.15) is 16.7 Å². The Balaban J connectivity index is 1.96. The maximum Gasteiger partial charge on any atom is 0.191 e. The predicted molar refractivity (Wildman–Crippen MR) is 95.9 cm³/mol. The molecule has 0 aliphatic carbocycles. The number of thiocarbonyl (C=S) groups is 1. The number of para-hydroxylation sites is 1. The van der Waals surface area contributed by atoms with Crippen LogP contribution in [0.4, 0.5) is 5.69 Å². The van der Waals surface area contributed by atoms with Gasteiger partial charge in [-0.05, 0) is 61.5 Å². The highest BCUT2D eigenvalue weighted by molar-refractivity contribution is 7.80. The second-order valence-electron chi connectivity index (χ2n) is 4.94. The molecular formula is C17H19N3OS. The van der Waals surface area contributed by atoms with Crippen LogP contribution in [0.3, 0.4) is 0 Å². The molecule has 0 aliphatic heterocycles. The maximum atomic E-state index is 5.26. The van der Waals surface area contributed by atoms with Gasteiger partial charge in [-0.1, -0.05) is 18.2 Å². The maximum absolute atomic E-state index is 5.26. The van der Waals surface area contributed by atoms with Gasteiger partial charge < -0.3 is 10.1 Å². The molecule has 0 saturated heterocycles. The van der Waals surface area contributed by atoms with E-state index in [1.165, 1.54) is 11.1 Å². The average molecular weight is 313 g/mol. The molecule has 0 amide bonds. The average Bonchev–Trinajstić information content (AvgIpc) is 2.46.